The van der Waals surface area contributed by atoms with Gasteiger partial charge in [0.15, 0.2) is 0 Å². The lowest BCUT2D eigenvalue weighted by Gasteiger charge is -2.21. The second-order valence-electron chi connectivity index (χ2n) is 6.66. The van der Waals surface area contributed by atoms with Crippen molar-refractivity contribution in [3.8, 4) is 0 Å². The van der Waals surface area contributed by atoms with Crippen molar-refractivity contribution in [2.75, 3.05) is 12.3 Å². The number of nitrogens with zero attached hydrogens (tertiary/aromatic N) is 2. The number of nitrogens with one attached hydrogen (secondary N) is 1. The van der Waals surface area contributed by atoms with Gasteiger partial charge in [-0.2, -0.15) is 11.8 Å². The zero-order chi connectivity index (χ0) is 14.8. The molecule has 1 fully saturated rings. The lowest BCUT2D eigenvalue weighted by Crippen LogP contribution is -2.37. The van der Waals surface area contributed by atoms with Gasteiger partial charge in [-0.15, -0.1) is 0 Å². The Kier molecular flexibility index (Phi) is 5.08. The zero-order valence-electron chi connectivity index (χ0n) is 13.4. The minimum Gasteiger partial charge on any atom is -0.312 e. The van der Waals surface area contributed by atoms with Gasteiger partial charge in [0.2, 0.25) is 0 Å². The Bertz CT molecular complexity index is 436. The van der Waals surface area contributed by atoms with Crippen LogP contribution in [-0.4, -0.2) is 27.8 Å². The molecule has 1 aliphatic heterocycles. The molecule has 1 N–H and O–H groups in total. The van der Waals surface area contributed by atoms with Crippen molar-refractivity contribution < 1.29 is 0 Å². The number of aryl methyl sites for hydroxylation is 2. The Hall–Kier alpha value is -0.610. The molecule has 0 radical (unpaired) electrons. The molecule has 112 valence electrons. The van der Waals surface area contributed by atoms with Gasteiger partial charge in [-0.05, 0) is 71.7 Å². The maximum absolute atomic E-state index is 4.77. The largest absolute Gasteiger partial charge is 0.312 e. The van der Waals surface area contributed by atoms with Crippen LogP contribution in [0.1, 0.15) is 61.6 Å². The van der Waals surface area contributed by atoms with Crippen molar-refractivity contribution in [1.29, 1.82) is 0 Å². The third-order valence-electron chi connectivity index (χ3n) is 3.69. The number of hydrogen-bond acceptors (Lipinski definition) is 4. The Labute approximate surface area is 127 Å². The van der Waals surface area contributed by atoms with Crippen molar-refractivity contribution in [3.63, 3.8) is 0 Å². The summed E-state index contributed by atoms with van der Waals surface area (Å²) in [7, 11) is 0. The molecule has 4 heteroatoms. The first kappa shape index (κ1) is 15.8. The first-order chi connectivity index (χ1) is 9.37. The molecule has 1 aliphatic rings. The summed E-state index contributed by atoms with van der Waals surface area (Å²) < 4.78 is 0. The quantitative estimate of drug-likeness (QED) is 0.920. The highest BCUT2D eigenvalue weighted by atomic mass is 32.2. The summed E-state index contributed by atoms with van der Waals surface area (Å²) in [6.07, 6.45) is 3.54. The number of rotatable bonds is 4. The van der Waals surface area contributed by atoms with Crippen molar-refractivity contribution >= 4 is 11.8 Å². The molecule has 1 atom stereocenters. The van der Waals surface area contributed by atoms with Crippen LogP contribution in [0.25, 0.3) is 0 Å². The Balaban J connectivity index is 2.06. The van der Waals surface area contributed by atoms with E-state index in [1.165, 1.54) is 24.2 Å². The van der Waals surface area contributed by atoms with E-state index in [-0.39, 0.29) is 5.54 Å². The Morgan fingerprint density at radius 1 is 1.20 bits per heavy atom. The summed E-state index contributed by atoms with van der Waals surface area (Å²) in [6.45, 7) is 11.8. The second kappa shape index (κ2) is 6.44. The number of hydrogen-bond donors (Lipinski definition) is 1. The predicted octanol–water partition coefficient (Wildman–Crippen LogP) is 3.59. The average molecular weight is 293 g/mol. The van der Waals surface area contributed by atoms with Crippen molar-refractivity contribution in [2.24, 2.45) is 0 Å². The molecule has 0 spiro atoms. The molecule has 0 amide bonds. The normalized spacial score (nSPS) is 19.6. The minimum absolute atomic E-state index is 0.170. The van der Waals surface area contributed by atoms with Gasteiger partial charge in [-0.3, -0.25) is 0 Å². The lowest BCUT2D eigenvalue weighted by atomic mass is 10.1. The highest BCUT2D eigenvalue weighted by molar-refractivity contribution is 7.99. The van der Waals surface area contributed by atoms with E-state index in [0.29, 0.717) is 5.25 Å². The van der Waals surface area contributed by atoms with Gasteiger partial charge in [-0.25, -0.2) is 9.97 Å². The molecule has 1 aromatic rings. The molecular weight excluding hydrogens is 266 g/mol. The molecule has 20 heavy (non-hydrogen) atoms. The topological polar surface area (TPSA) is 37.8 Å². The summed E-state index contributed by atoms with van der Waals surface area (Å²) in [4.78, 5) is 9.54. The molecule has 2 rings (SSSR count). The summed E-state index contributed by atoms with van der Waals surface area (Å²) in [5, 5.41) is 4.06. The predicted molar refractivity (Wildman–Crippen MR) is 87.4 cm³/mol. The smallest absolute Gasteiger partial charge is 0.141 e. The van der Waals surface area contributed by atoms with Crippen LogP contribution in [0.5, 0.6) is 0 Å². The molecule has 2 heterocycles. The molecule has 0 saturated carbocycles. The van der Waals surface area contributed by atoms with E-state index in [2.05, 4.69) is 39.9 Å². The van der Waals surface area contributed by atoms with Crippen molar-refractivity contribution in [1.82, 2.24) is 15.3 Å². The molecule has 3 nitrogen and oxygen atoms in total. The van der Waals surface area contributed by atoms with Crippen LogP contribution in [0, 0.1) is 13.8 Å². The van der Waals surface area contributed by atoms with E-state index in [1.54, 1.807) is 0 Å². The first-order valence-corrected chi connectivity index (χ1v) is 8.62. The van der Waals surface area contributed by atoms with Crippen LogP contribution in [0.2, 0.25) is 0 Å². The summed E-state index contributed by atoms with van der Waals surface area (Å²) in [5.41, 5.74) is 3.81. The minimum atomic E-state index is 0.170. The molecule has 1 unspecified atom stereocenters. The lowest BCUT2D eigenvalue weighted by molar-refractivity contribution is 0.429. The summed E-state index contributed by atoms with van der Waals surface area (Å²) in [6, 6.07) is 0. The van der Waals surface area contributed by atoms with E-state index in [4.69, 9.17) is 9.97 Å². The monoisotopic (exact) mass is 293 g/mol. The molecule has 0 aliphatic carbocycles. The molecule has 1 aromatic heterocycles. The Morgan fingerprint density at radius 2 is 1.85 bits per heavy atom. The molecular formula is C16H27N3S. The summed E-state index contributed by atoms with van der Waals surface area (Å²) >= 11 is 2.00. The van der Waals surface area contributed by atoms with E-state index in [1.807, 2.05) is 11.8 Å². The zero-order valence-corrected chi connectivity index (χ0v) is 14.2. The number of thioether (sulfide) groups is 1. The fraction of sp³-hybridized carbons (Fsp3) is 0.750. The van der Waals surface area contributed by atoms with Crippen molar-refractivity contribution in [3.05, 3.63) is 22.8 Å². The van der Waals surface area contributed by atoms with E-state index in [0.717, 1.165) is 30.2 Å². The fourth-order valence-corrected chi connectivity index (χ4v) is 3.82. The van der Waals surface area contributed by atoms with Gasteiger partial charge < -0.3 is 5.32 Å². The standard InChI is InChI=1S/C16H27N3S/c1-11-13(8-9-17-16(3,4)5)12(2)19-15(18-11)14-7-6-10-20-14/h14,17H,6-10H2,1-5H3. The average Bonchev–Trinajstić information content (AvgIpc) is 2.84. The SMILES string of the molecule is Cc1nc(C2CCCS2)nc(C)c1CCNC(C)(C)C. The van der Waals surface area contributed by atoms with E-state index >= 15 is 0 Å². The second-order valence-corrected chi connectivity index (χ2v) is 7.97. The van der Waals surface area contributed by atoms with Gasteiger partial charge in [0.1, 0.15) is 5.82 Å². The van der Waals surface area contributed by atoms with Crippen molar-refractivity contribution in [2.45, 2.75) is 64.7 Å². The van der Waals surface area contributed by atoms with Gasteiger partial charge >= 0.3 is 0 Å². The number of aromatic nitrogens is 2. The molecule has 0 aromatic carbocycles. The maximum atomic E-state index is 4.77. The van der Waals surface area contributed by atoms with Crippen LogP contribution in [0.15, 0.2) is 0 Å². The highest BCUT2D eigenvalue weighted by Gasteiger charge is 2.22. The maximum Gasteiger partial charge on any atom is 0.141 e. The van der Waals surface area contributed by atoms with Crippen LogP contribution in [0.4, 0.5) is 0 Å². The third-order valence-corrected chi connectivity index (χ3v) is 5.06. The Morgan fingerprint density at radius 3 is 2.35 bits per heavy atom. The van der Waals surface area contributed by atoms with E-state index in [9.17, 15) is 0 Å². The molecule has 1 saturated heterocycles. The van der Waals surface area contributed by atoms with Crippen LogP contribution in [-0.2, 0) is 6.42 Å². The van der Waals surface area contributed by atoms with Crippen LogP contribution >= 0.6 is 11.8 Å². The highest BCUT2D eigenvalue weighted by Crippen LogP contribution is 2.38. The van der Waals surface area contributed by atoms with Gasteiger partial charge in [0.25, 0.3) is 0 Å². The van der Waals surface area contributed by atoms with E-state index < -0.39 is 0 Å². The van der Waals surface area contributed by atoms with Gasteiger partial charge in [0, 0.05) is 16.9 Å². The van der Waals surface area contributed by atoms with Crippen LogP contribution in [0.3, 0.4) is 0 Å². The van der Waals surface area contributed by atoms with Crippen LogP contribution < -0.4 is 5.32 Å². The van der Waals surface area contributed by atoms with Gasteiger partial charge in [-0.1, -0.05) is 0 Å². The molecule has 0 bridgehead atoms. The van der Waals surface area contributed by atoms with Gasteiger partial charge in [0.05, 0.1) is 5.25 Å². The fourth-order valence-electron chi connectivity index (χ4n) is 2.61. The third kappa shape index (κ3) is 4.19. The first-order valence-electron chi connectivity index (χ1n) is 7.57. The summed E-state index contributed by atoms with van der Waals surface area (Å²) in [5.74, 6) is 2.30.